The molecule has 2 aromatic carbocycles. The summed E-state index contributed by atoms with van der Waals surface area (Å²) in [6, 6.07) is 15.4. The van der Waals surface area contributed by atoms with Gasteiger partial charge in [0, 0.05) is 31.9 Å². The topological polar surface area (TPSA) is 23.6 Å². The Morgan fingerprint density at radius 2 is 1.83 bits per heavy atom. The number of rotatable bonds is 4. The van der Waals surface area contributed by atoms with Crippen LogP contribution in [0.25, 0.3) is 0 Å². The smallest absolute Gasteiger partial charge is 0.369 e. The van der Waals surface area contributed by atoms with Crippen molar-refractivity contribution in [2.75, 3.05) is 25.0 Å². The number of nitrogens with zero attached hydrogens (tertiary/aromatic N) is 2. The molecule has 1 amide bonds. The van der Waals surface area contributed by atoms with Crippen LogP contribution in [-0.4, -0.2) is 37.0 Å². The van der Waals surface area contributed by atoms with Crippen LogP contribution in [0.1, 0.15) is 36.8 Å². The molecule has 2 fully saturated rings. The predicted molar refractivity (Wildman–Crippen MR) is 107 cm³/mol. The van der Waals surface area contributed by atoms with Crippen molar-refractivity contribution >= 4 is 11.6 Å². The third kappa shape index (κ3) is 3.85. The van der Waals surface area contributed by atoms with Gasteiger partial charge in [-0.15, -0.1) is 0 Å². The van der Waals surface area contributed by atoms with E-state index >= 15 is 0 Å². The van der Waals surface area contributed by atoms with Gasteiger partial charge in [0.25, 0.3) is 0 Å². The lowest BCUT2D eigenvalue weighted by Gasteiger charge is -2.40. The highest BCUT2D eigenvalue weighted by Gasteiger charge is 2.53. The fourth-order valence-electron chi connectivity index (χ4n) is 4.39. The third-order valence-electron chi connectivity index (χ3n) is 6.29. The number of piperidine rings is 1. The standard InChI is InChI=1S/C23H25F3N2O/c1-27(20-11-6-14-28(16-20)19-9-3-2-4-10-19)21(29)22(12-13-22)17-7-5-8-18(15-17)23(24,25)26/h2-5,7-10,15,20H,6,11-14,16H2,1H3. The van der Waals surface area contributed by atoms with Crippen LogP contribution < -0.4 is 4.90 Å². The van der Waals surface area contributed by atoms with Gasteiger partial charge in [0.1, 0.15) is 0 Å². The summed E-state index contributed by atoms with van der Waals surface area (Å²) >= 11 is 0. The summed E-state index contributed by atoms with van der Waals surface area (Å²) in [4.78, 5) is 17.4. The Morgan fingerprint density at radius 1 is 1.10 bits per heavy atom. The maximum Gasteiger partial charge on any atom is 0.416 e. The minimum atomic E-state index is -4.40. The number of alkyl halides is 3. The molecule has 6 heteroatoms. The molecule has 0 N–H and O–H groups in total. The third-order valence-corrected chi connectivity index (χ3v) is 6.29. The molecule has 0 aromatic heterocycles. The number of halogens is 3. The molecule has 154 valence electrons. The van der Waals surface area contributed by atoms with Crippen LogP contribution in [0.3, 0.4) is 0 Å². The molecular weight excluding hydrogens is 377 g/mol. The van der Waals surface area contributed by atoms with Crippen molar-refractivity contribution in [2.24, 2.45) is 0 Å². The summed E-state index contributed by atoms with van der Waals surface area (Å²) in [7, 11) is 1.80. The highest BCUT2D eigenvalue weighted by Crippen LogP contribution is 2.50. The lowest BCUT2D eigenvalue weighted by Crippen LogP contribution is -2.51. The zero-order valence-corrected chi connectivity index (χ0v) is 16.5. The molecule has 1 atom stereocenters. The Hall–Kier alpha value is -2.50. The molecule has 1 aliphatic carbocycles. The Bertz CT molecular complexity index is 877. The molecule has 0 spiro atoms. The zero-order valence-electron chi connectivity index (χ0n) is 16.5. The monoisotopic (exact) mass is 402 g/mol. The minimum absolute atomic E-state index is 0.0553. The number of hydrogen-bond donors (Lipinski definition) is 0. The number of hydrogen-bond acceptors (Lipinski definition) is 2. The average Bonchev–Trinajstić information content (AvgIpc) is 3.55. The van der Waals surface area contributed by atoms with Crippen LogP contribution in [0.15, 0.2) is 54.6 Å². The molecule has 1 saturated carbocycles. The zero-order chi connectivity index (χ0) is 20.6. The van der Waals surface area contributed by atoms with Gasteiger partial charge in [0.15, 0.2) is 0 Å². The van der Waals surface area contributed by atoms with E-state index in [1.54, 1.807) is 18.0 Å². The van der Waals surface area contributed by atoms with Crippen molar-refractivity contribution in [1.82, 2.24) is 4.90 Å². The van der Waals surface area contributed by atoms with Gasteiger partial charge in [-0.25, -0.2) is 0 Å². The number of para-hydroxylation sites is 1. The van der Waals surface area contributed by atoms with E-state index in [1.807, 2.05) is 18.2 Å². The molecule has 1 aliphatic heterocycles. The van der Waals surface area contributed by atoms with Crippen molar-refractivity contribution in [2.45, 2.75) is 43.3 Å². The van der Waals surface area contributed by atoms with Gasteiger partial charge >= 0.3 is 6.18 Å². The van der Waals surface area contributed by atoms with Gasteiger partial charge < -0.3 is 9.80 Å². The number of carbonyl (C=O) groups is 1. The molecule has 0 radical (unpaired) electrons. The lowest BCUT2D eigenvalue weighted by atomic mass is 9.91. The number of likely N-dealkylation sites (N-methyl/N-ethyl adjacent to an activating group) is 1. The fourth-order valence-corrected chi connectivity index (χ4v) is 4.39. The first-order valence-corrected chi connectivity index (χ1v) is 10.1. The van der Waals surface area contributed by atoms with E-state index < -0.39 is 17.2 Å². The molecule has 1 unspecified atom stereocenters. The first-order valence-electron chi connectivity index (χ1n) is 10.1. The fraction of sp³-hybridized carbons (Fsp3) is 0.435. The molecule has 4 rings (SSSR count). The van der Waals surface area contributed by atoms with Crippen molar-refractivity contribution in [3.05, 3.63) is 65.7 Å². The van der Waals surface area contributed by atoms with Gasteiger partial charge in [-0.1, -0.05) is 36.4 Å². The Labute approximate surface area is 169 Å². The molecule has 1 heterocycles. The Morgan fingerprint density at radius 3 is 2.48 bits per heavy atom. The molecular formula is C23H25F3N2O. The minimum Gasteiger partial charge on any atom is -0.369 e. The first-order chi connectivity index (χ1) is 13.8. The van der Waals surface area contributed by atoms with E-state index in [0.29, 0.717) is 18.4 Å². The summed E-state index contributed by atoms with van der Waals surface area (Å²) in [6.45, 7) is 1.69. The van der Waals surface area contributed by atoms with Crippen LogP contribution in [0.2, 0.25) is 0 Å². The predicted octanol–water partition coefficient (Wildman–Crippen LogP) is 4.86. The lowest BCUT2D eigenvalue weighted by molar-refractivity contribution is -0.138. The molecule has 29 heavy (non-hydrogen) atoms. The second-order valence-electron chi connectivity index (χ2n) is 8.15. The maximum atomic E-state index is 13.4. The van der Waals surface area contributed by atoms with Gasteiger partial charge in [0.2, 0.25) is 5.91 Å². The highest BCUT2D eigenvalue weighted by molar-refractivity contribution is 5.91. The maximum absolute atomic E-state index is 13.4. The Kier molecular flexibility index (Phi) is 5.05. The second kappa shape index (κ2) is 7.39. The summed E-state index contributed by atoms with van der Waals surface area (Å²) in [5.41, 5.74) is 0.131. The highest BCUT2D eigenvalue weighted by atomic mass is 19.4. The van der Waals surface area contributed by atoms with Crippen LogP contribution in [0.5, 0.6) is 0 Å². The van der Waals surface area contributed by atoms with E-state index in [9.17, 15) is 18.0 Å². The number of benzene rings is 2. The summed E-state index contributed by atoms with van der Waals surface area (Å²) in [5.74, 6) is -0.0586. The summed E-state index contributed by atoms with van der Waals surface area (Å²) in [5, 5.41) is 0. The summed E-state index contributed by atoms with van der Waals surface area (Å²) in [6.07, 6.45) is -1.31. The molecule has 1 saturated heterocycles. The van der Waals surface area contributed by atoms with E-state index in [0.717, 1.165) is 43.8 Å². The van der Waals surface area contributed by atoms with Crippen LogP contribution in [0.4, 0.5) is 18.9 Å². The van der Waals surface area contributed by atoms with E-state index in [-0.39, 0.29) is 11.9 Å². The number of amides is 1. The van der Waals surface area contributed by atoms with Crippen LogP contribution >= 0.6 is 0 Å². The van der Waals surface area contributed by atoms with Crippen LogP contribution in [-0.2, 0) is 16.4 Å². The molecule has 2 aliphatic rings. The van der Waals surface area contributed by atoms with Gasteiger partial charge in [-0.2, -0.15) is 13.2 Å². The van der Waals surface area contributed by atoms with Crippen molar-refractivity contribution < 1.29 is 18.0 Å². The van der Waals surface area contributed by atoms with Crippen LogP contribution in [0, 0.1) is 0 Å². The number of anilines is 1. The summed E-state index contributed by atoms with van der Waals surface area (Å²) < 4.78 is 39.4. The molecule has 3 nitrogen and oxygen atoms in total. The Balaban J connectivity index is 1.52. The largest absolute Gasteiger partial charge is 0.416 e. The second-order valence-corrected chi connectivity index (χ2v) is 8.15. The molecule has 0 bridgehead atoms. The van der Waals surface area contributed by atoms with Crippen molar-refractivity contribution in [1.29, 1.82) is 0 Å². The van der Waals surface area contributed by atoms with Crippen molar-refractivity contribution in [3.8, 4) is 0 Å². The average molecular weight is 402 g/mol. The van der Waals surface area contributed by atoms with Crippen molar-refractivity contribution in [3.63, 3.8) is 0 Å². The van der Waals surface area contributed by atoms with Gasteiger partial charge in [0.05, 0.1) is 11.0 Å². The quantitative estimate of drug-likeness (QED) is 0.729. The van der Waals surface area contributed by atoms with Gasteiger partial charge in [-0.05, 0) is 49.4 Å². The van der Waals surface area contributed by atoms with E-state index in [4.69, 9.17) is 0 Å². The number of carbonyl (C=O) groups excluding carboxylic acids is 1. The van der Waals surface area contributed by atoms with E-state index in [2.05, 4.69) is 17.0 Å². The van der Waals surface area contributed by atoms with E-state index in [1.165, 1.54) is 6.07 Å². The normalized spacial score (nSPS) is 21.0. The SMILES string of the molecule is CN(C(=O)C1(c2cccc(C(F)(F)F)c2)CC1)C1CCCN(c2ccccc2)C1. The molecule has 2 aromatic rings. The first kappa shape index (κ1) is 19.8. The van der Waals surface area contributed by atoms with Gasteiger partial charge in [-0.3, -0.25) is 4.79 Å².